The fourth-order valence-electron chi connectivity index (χ4n) is 2.45. The molecular formula is C18H28N2O2. The maximum Gasteiger partial charge on any atom is 0.408 e. The van der Waals surface area contributed by atoms with E-state index in [9.17, 15) is 4.79 Å². The number of alkyl carbamates (subject to hydrolysis) is 1. The quantitative estimate of drug-likeness (QED) is 0.843. The van der Waals surface area contributed by atoms with Crippen LogP contribution < -0.4 is 10.6 Å². The van der Waals surface area contributed by atoms with E-state index in [0.29, 0.717) is 12.6 Å². The van der Waals surface area contributed by atoms with Gasteiger partial charge in [-0.1, -0.05) is 30.3 Å². The fraction of sp³-hybridized carbons (Fsp3) is 0.611. The zero-order valence-electron chi connectivity index (χ0n) is 14.1. The van der Waals surface area contributed by atoms with Gasteiger partial charge in [-0.3, -0.25) is 0 Å². The van der Waals surface area contributed by atoms with E-state index >= 15 is 0 Å². The van der Waals surface area contributed by atoms with Crippen LogP contribution in [0, 0.1) is 5.92 Å². The van der Waals surface area contributed by atoms with Crippen LogP contribution in [-0.2, 0) is 4.74 Å². The summed E-state index contributed by atoms with van der Waals surface area (Å²) >= 11 is 0. The Labute approximate surface area is 133 Å². The molecule has 1 aromatic carbocycles. The molecule has 122 valence electrons. The number of carbonyl (C=O) groups excluding carboxylic acids is 1. The summed E-state index contributed by atoms with van der Waals surface area (Å²) in [6.45, 7) is 8.54. The minimum Gasteiger partial charge on any atom is -0.444 e. The van der Waals surface area contributed by atoms with Crippen molar-refractivity contribution >= 4 is 6.09 Å². The van der Waals surface area contributed by atoms with Gasteiger partial charge in [0.15, 0.2) is 0 Å². The summed E-state index contributed by atoms with van der Waals surface area (Å²) in [6, 6.07) is 10.4. The monoisotopic (exact) mass is 304 g/mol. The van der Waals surface area contributed by atoms with Gasteiger partial charge >= 0.3 is 6.09 Å². The van der Waals surface area contributed by atoms with Gasteiger partial charge in [0.05, 0.1) is 6.04 Å². The second-order valence-electron chi connectivity index (χ2n) is 7.14. The molecular weight excluding hydrogens is 276 g/mol. The van der Waals surface area contributed by atoms with Crippen molar-refractivity contribution in [2.45, 2.75) is 58.2 Å². The van der Waals surface area contributed by atoms with Crippen molar-refractivity contribution < 1.29 is 9.53 Å². The normalized spacial score (nSPS) is 17.6. The molecule has 22 heavy (non-hydrogen) atoms. The third-order valence-corrected chi connectivity index (χ3v) is 3.87. The Morgan fingerprint density at radius 1 is 1.27 bits per heavy atom. The smallest absolute Gasteiger partial charge is 0.408 e. The number of hydrogen-bond acceptors (Lipinski definition) is 3. The van der Waals surface area contributed by atoms with Crippen LogP contribution >= 0.6 is 0 Å². The van der Waals surface area contributed by atoms with E-state index in [0.717, 1.165) is 11.5 Å². The summed E-state index contributed by atoms with van der Waals surface area (Å²) < 4.78 is 5.38. The number of hydrogen-bond donors (Lipinski definition) is 2. The predicted octanol–water partition coefficient (Wildman–Crippen LogP) is 3.64. The summed E-state index contributed by atoms with van der Waals surface area (Å²) in [7, 11) is 0. The molecule has 0 saturated heterocycles. The molecule has 1 saturated carbocycles. The molecule has 2 rings (SSSR count). The van der Waals surface area contributed by atoms with Crippen LogP contribution in [-0.4, -0.2) is 24.3 Å². The first kappa shape index (κ1) is 16.8. The highest BCUT2D eigenvalue weighted by Crippen LogP contribution is 2.32. The minimum absolute atomic E-state index is 0.0859. The Balaban J connectivity index is 1.96. The van der Waals surface area contributed by atoms with Crippen LogP contribution in [0.25, 0.3) is 0 Å². The van der Waals surface area contributed by atoms with Crippen LogP contribution in [0.1, 0.15) is 52.1 Å². The number of nitrogens with one attached hydrogen (secondary N) is 2. The highest BCUT2D eigenvalue weighted by Gasteiger charge is 2.28. The predicted molar refractivity (Wildman–Crippen MR) is 88.7 cm³/mol. The highest BCUT2D eigenvalue weighted by molar-refractivity contribution is 5.68. The maximum atomic E-state index is 12.1. The molecule has 0 aromatic heterocycles. The summed E-state index contributed by atoms with van der Waals surface area (Å²) in [6.07, 6.45) is 2.25. The van der Waals surface area contributed by atoms with Gasteiger partial charge in [-0.15, -0.1) is 0 Å². The molecule has 1 aliphatic carbocycles. The Bertz CT molecular complexity index is 478. The van der Waals surface area contributed by atoms with Crippen molar-refractivity contribution in [3.63, 3.8) is 0 Å². The Morgan fingerprint density at radius 3 is 2.45 bits per heavy atom. The van der Waals surface area contributed by atoms with Crippen LogP contribution in [0.4, 0.5) is 4.79 Å². The largest absolute Gasteiger partial charge is 0.444 e. The van der Waals surface area contributed by atoms with E-state index in [2.05, 4.69) is 17.6 Å². The molecule has 1 fully saturated rings. The van der Waals surface area contributed by atoms with Gasteiger partial charge in [-0.2, -0.15) is 0 Å². The Hall–Kier alpha value is -1.55. The standard InChI is InChI=1S/C18H28N2O2/c1-13(14-10-11-14)19-12-16(15-8-6-5-7-9-15)20-17(21)22-18(2,3)4/h5-9,13-14,16,19H,10-12H2,1-4H3,(H,20,21). The molecule has 0 bridgehead atoms. The Kier molecular flexibility index (Phi) is 5.46. The van der Waals surface area contributed by atoms with Crippen molar-refractivity contribution in [3.05, 3.63) is 35.9 Å². The van der Waals surface area contributed by atoms with Gasteiger partial charge in [-0.05, 0) is 52.0 Å². The first-order chi connectivity index (χ1) is 10.3. The zero-order valence-corrected chi connectivity index (χ0v) is 14.1. The molecule has 2 atom stereocenters. The first-order valence-corrected chi connectivity index (χ1v) is 8.13. The average Bonchev–Trinajstić information content (AvgIpc) is 3.26. The van der Waals surface area contributed by atoms with Crippen LogP contribution in [0.5, 0.6) is 0 Å². The minimum atomic E-state index is -0.486. The van der Waals surface area contributed by atoms with E-state index in [1.165, 1.54) is 12.8 Å². The van der Waals surface area contributed by atoms with Gasteiger partial charge in [0.25, 0.3) is 0 Å². The molecule has 0 aliphatic heterocycles. The molecule has 0 spiro atoms. The molecule has 2 unspecified atom stereocenters. The molecule has 1 aliphatic rings. The van der Waals surface area contributed by atoms with Crippen LogP contribution in [0.15, 0.2) is 30.3 Å². The van der Waals surface area contributed by atoms with Crippen LogP contribution in [0.3, 0.4) is 0 Å². The van der Waals surface area contributed by atoms with Crippen LogP contribution in [0.2, 0.25) is 0 Å². The van der Waals surface area contributed by atoms with Crippen molar-refractivity contribution in [1.82, 2.24) is 10.6 Å². The molecule has 2 N–H and O–H groups in total. The average molecular weight is 304 g/mol. The lowest BCUT2D eigenvalue weighted by molar-refractivity contribution is 0.0502. The highest BCUT2D eigenvalue weighted by atomic mass is 16.6. The number of benzene rings is 1. The lowest BCUT2D eigenvalue weighted by Crippen LogP contribution is -2.41. The van der Waals surface area contributed by atoms with E-state index < -0.39 is 5.60 Å². The second-order valence-corrected chi connectivity index (χ2v) is 7.14. The van der Waals surface area contributed by atoms with E-state index in [1.54, 1.807) is 0 Å². The van der Waals surface area contributed by atoms with E-state index in [1.807, 2.05) is 51.1 Å². The fourth-order valence-corrected chi connectivity index (χ4v) is 2.45. The summed E-state index contributed by atoms with van der Waals surface area (Å²) in [4.78, 5) is 12.1. The maximum absolute atomic E-state index is 12.1. The van der Waals surface area contributed by atoms with E-state index in [4.69, 9.17) is 4.74 Å². The molecule has 0 radical (unpaired) electrons. The lowest BCUT2D eigenvalue weighted by Gasteiger charge is -2.25. The Morgan fingerprint density at radius 2 is 1.91 bits per heavy atom. The lowest BCUT2D eigenvalue weighted by atomic mass is 10.1. The van der Waals surface area contributed by atoms with Gasteiger partial charge < -0.3 is 15.4 Å². The summed E-state index contributed by atoms with van der Waals surface area (Å²) in [5.74, 6) is 0.790. The van der Waals surface area contributed by atoms with Crippen molar-refractivity contribution in [1.29, 1.82) is 0 Å². The molecule has 4 nitrogen and oxygen atoms in total. The SMILES string of the molecule is CC(NCC(NC(=O)OC(C)(C)C)c1ccccc1)C1CC1. The van der Waals surface area contributed by atoms with Crippen molar-refractivity contribution in [3.8, 4) is 0 Å². The van der Waals surface area contributed by atoms with Gasteiger partial charge in [-0.25, -0.2) is 4.79 Å². The number of amides is 1. The molecule has 1 amide bonds. The second kappa shape index (κ2) is 7.14. The van der Waals surface area contributed by atoms with Gasteiger partial charge in [0, 0.05) is 12.6 Å². The third-order valence-electron chi connectivity index (χ3n) is 3.87. The van der Waals surface area contributed by atoms with Crippen molar-refractivity contribution in [2.75, 3.05) is 6.54 Å². The number of carbonyl (C=O) groups is 1. The summed E-state index contributed by atoms with van der Waals surface area (Å²) in [5, 5.41) is 6.52. The molecule has 0 heterocycles. The number of ether oxygens (including phenoxy) is 1. The molecule has 4 heteroatoms. The van der Waals surface area contributed by atoms with Gasteiger partial charge in [0.2, 0.25) is 0 Å². The third kappa shape index (κ3) is 5.68. The van der Waals surface area contributed by atoms with E-state index in [-0.39, 0.29) is 12.1 Å². The zero-order chi connectivity index (χ0) is 16.2. The first-order valence-electron chi connectivity index (χ1n) is 8.13. The number of rotatable bonds is 6. The molecule has 1 aromatic rings. The van der Waals surface area contributed by atoms with Crippen molar-refractivity contribution in [2.24, 2.45) is 5.92 Å². The van der Waals surface area contributed by atoms with Gasteiger partial charge in [0.1, 0.15) is 5.60 Å². The topological polar surface area (TPSA) is 50.4 Å². The summed E-state index contributed by atoms with van der Waals surface area (Å²) in [5.41, 5.74) is 0.601.